The number of halogens is 1. The van der Waals surface area contributed by atoms with Crippen LogP contribution in [0.4, 0.5) is 4.79 Å². The highest BCUT2D eigenvalue weighted by molar-refractivity contribution is 9.10. The lowest BCUT2D eigenvalue weighted by Gasteiger charge is -2.41. The number of hydrogen-bond acceptors (Lipinski definition) is 3. The molecular formula is C22H33BrN4O3. The van der Waals surface area contributed by atoms with E-state index in [4.69, 9.17) is 0 Å². The average Bonchev–Trinajstić information content (AvgIpc) is 2.70. The summed E-state index contributed by atoms with van der Waals surface area (Å²) in [4.78, 5) is 41.9. The van der Waals surface area contributed by atoms with Gasteiger partial charge in [0.25, 0.3) is 5.91 Å². The van der Waals surface area contributed by atoms with E-state index in [1.807, 2.05) is 34.6 Å². The smallest absolute Gasteiger partial charge is 0.317 e. The van der Waals surface area contributed by atoms with Crippen molar-refractivity contribution in [2.75, 3.05) is 19.6 Å². The molecule has 0 bridgehead atoms. The summed E-state index contributed by atoms with van der Waals surface area (Å²) in [6.45, 7) is 11.1. The predicted octanol–water partition coefficient (Wildman–Crippen LogP) is 3.24. The first-order valence-corrected chi connectivity index (χ1v) is 11.4. The molecule has 30 heavy (non-hydrogen) atoms. The van der Waals surface area contributed by atoms with Gasteiger partial charge in [0, 0.05) is 41.8 Å². The van der Waals surface area contributed by atoms with Crippen molar-refractivity contribution in [2.24, 2.45) is 5.92 Å². The Morgan fingerprint density at radius 3 is 2.27 bits per heavy atom. The lowest BCUT2D eigenvalue weighted by Crippen LogP contribution is -2.61. The SMILES string of the molecule is CCC(C)C(NC(=O)c1ccc(Br)cc1)C(=O)N1CCN(C(=O)NC(C)C)C(C)C1. The molecule has 0 spiro atoms. The zero-order valence-electron chi connectivity index (χ0n) is 18.4. The molecule has 1 saturated heterocycles. The molecule has 8 heteroatoms. The molecule has 0 aromatic heterocycles. The molecule has 1 aliphatic heterocycles. The molecule has 166 valence electrons. The van der Waals surface area contributed by atoms with Crippen molar-refractivity contribution in [1.29, 1.82) is 0 Å². The van der Waals surface area contributed by atoms with E-state index >= 15 is 0 Å². The molecule has 0 saturated carbocycles. The lowest BCUT2D eigenvalue weighted by molar-refractivity contribution is -0.136. The third-order valence-corrected chi connectivity index (χ3v) is 6.01. The van der Waals surface area contributed by atoms with Gasteiger partial charge in [-0.25, -0.2) is 4.79 Å². The number of benzene rings is 1. The second-order valence-electron chi connectivity index (χ2n) is 8.27. The van der Waals surface area contributed by atoms with Crippen LogP contribution in [0.15, 0.2) is 28.7 Å². The van der Waals surface area contributed by atoms with Gasteiger partial charge < -0.3 is 20.4 Å². The van der Waals surface area contributed by atoms with Crippen LogP contribution in [0.1, 0.15) is 51.4 Å². The first kappa shape index (κ1) is 24.2. The van der Waals surface area contributed by atoms with Gasteiger partial charge in [0.2, 0.25) is 5.91 Å². The highest BCUT2D eigenvalue weighted by atomic mass is 79.9. The summed E-state index contributed by atoms with van der Waals surface area (Å²) in [5, 5.41) is 5.85. The predicted molar refractivity (Wildman–Crippen MR) is 121 cm³/mol. The van der Waals surface area contributed by atoms with Gasteiger partial charge in [0.05, 0.1) is 0 Å². The fourth-order valence-corrected chi connectivity index (χ4v) is 3.76. The second kappa shape index (κ2) is 10.8. The topological polar surface area (TPSA) is 81.8 Å². The summed E-state index contributed by atoms with van der Waals surface area (Å²) in [5.74, 6) is -0.357. The van der Waals surface area contributed by atoms with Gasteiger partial charge in [-0.2, -0.15) is 0 Å². The molecule has 1 heterocycles. The fourth-order valence-electron chi connectivity index (χ4n) is 3.49. The minimum Gasteiger partial charge on any atom is -0.340 e. The third-order valence-electron chi connectivity index (χ3n) is 5.48. The maximum Gasteiger partial charge on any atom is 0.317 e. The van der Waals surface area contributed by atoms with E-state index in [0.29, 0.717) is 25.2 Å². The Bertz CT molecular complexity index is 753. The van der Waals surface area contributed by atoms with Crippen LogP contribution in [0, 0.1) is 5.92 Å². The summed E-state index contributed by atoms with van der Waals surface area (Å²) in [5.41, 5.74) is 0.517. The monoisotopic (exact) mass is 480 g/mol. The van der Waals surface area contributed by atoms with Crippen LogP contribution >= 0.6 is 15.9 Å². The molecule has 1 fully saturated rings. The Hall–Kier alpha value is -2.09. The molecule has 4 amide bonds. The van der Waals surface area contributed by atoms with Crippen molar-refractivity contribution in [3.63, 3.8) is 0 Å². The van der Waals surface area contributed by atoms with Crippen molar-refractivity contribution >= 4 is 33.8 Å². The summed E-state index contributed by atoms with van der Waals surface area (Å²) in [6, 6.07) is 6.32. The van der Waals surface area contributed by atoms with Gasteiger partial charge in [-0.3, -0.25) is 9.59 Å². The zero-order chi connectivity index (χ0) is 22.4. The summed E-state index contributed by atoms with van der Waals surface area (Å²) >= 11 is 3.36. The maximum absolute atomic E-state index is 13.3. The normalized spacial score (nSPS) is 18.7. The Labute approximate surface area is 187 Å². The number of hydrogen-bond donors (Lipinski definition) is 2. The number of nitrogens with zero attached hydrogens (tertiary/aromatic N) is 2. The van der Waals surface area contributed by atoms with Gasteiger partial charge in [-0.1, -0.05) is 36.2 Å². The highest BCUT2D eigenvalue weighted by Gasteiger charge is 2.35. The fraction of sp³-hybridized carbons (Fsp3) is 0.591. The van der Waals surface area contributed by atoms with Gasteiger partial charge in [-0.15, -0.1) is 0 Å². The van der Waals surface area contributed by atoms with E-state index in [9.17, 15) is 14.4 Å². The van der Waals surface area contributed by atoms with E-state index in [-0.39, 0.29) is 35.8 Å². The molecular weight excluding hydrogens is 448 g/mol. The number of carbonyl (C=O) groups excluding carboxylic acids is 3. The Morgan fingerprint density at radius 2 is 1.73 bits per heavy atom. The lowest BCUT2D eigenvalue weighted by atomic mass is 9.96. The van der Waals surface area contributed by atoms with E-state index in [2.05, 4.69) is 26.6 Å². The summed E-state index contributed by atoms with van der Waals surface area (Å²) < 4.78 is 0.891. The van der Waals surface area contributed by atoms with Crippen molar-refractivity contribution in [1.82, 2.24) is 20.4 Å². The maximum atomic E-state index is 13.3. The van der Waals surface area contributed by atoms with Gasteiger partial charge in [0.15, 0.2) is 0 Å². The molecule has 7 nitrogen and oxygen atoms in total. The number of nitrogens with one attached hydrogen (secondary N) is 2. The second-order valence-corrected chi connectivity index (χ2v) is 9.19. The van der Waals surface area contributed by atoms with Crippen LogP contribution in [0.2, 0.25) is 0 Å². The largest absolute Gasteiger partial charge is 0.340 e. The van der Waals surface area contributed by atoms with Gasteiger partial charge >= 0.3 is 6.03 Å². The van der Waals surface area contributed by atoms with E-state index in [1.54, 1.807) is 34.1 Å². The van der Waals surface area contributed by atoms with Crippen LogP contribution in [0.25, 0.3) is 0 Å². The first-order valence-electron chi connectivity index (χ1n) is 10.6. The Balaban J connectivity index is 2.07. The Kier molecular flexibility index (Phi) is 8.70. The number of carbonyl (C=O) groups is 3. The zero-order valence-corrected chi connectivity index (χ0v) is 20.0. The molecule has 0 aliphatic carbocycles. The number of urea groups is 1. The number of piperazine rings is 1. The molecule has 2 N–H and O–H groups in total. The molecule has 1 aromatic rings. The average molecular weight is 481 g/mol. The standard InChI is InChI=1S/C22H33BrN4O3/c1-6-15(4)19(25-20(28)17-7-9-18(23)10-8-17)21(29)26-11-12-27(16(5)13-26)22(30)24-14(2)3/h7-10,14-16,19H,6,11-13H2,1-5H3,(H,24,30)(H,25,28). The van der Waals surface area contributed by atoms with Crippen LogP contribution in [0.3, 0.4) is 0 Å². The van der Waals surface area contributed by atoms with Crippen LogP contribution in [-0.4, -0.2) is 65.4 Å². The summed E-state index contributed by atoms with van der Waals surface area (Å²) in [7, 11) is 0. The van der Waals surface area contributed by atoms with Gasteiger partial charge in [0.1, 0.15) is 6.04 Å². The van der Waals surface area contributed by atoms with Crippen LogP contribution in [-0.2, 0) is 4.79 Å². The van der Waals surface area contributed by atoms with Crippen LogP contribution in [0.5, 0.6) is 0 Å². The van der Waals surface area contributed by atoms with Crippen molar-refractivity contribution in [3.8, 4) is 0 Å². The third kappa shape index (κ3) is 6.20. The quantitative estimate of drug-likeness (QED) is 0.655. The van der Waals surface area contributed by atoms with Gasteiger partial charge in [-0.05, 0) is 51.0 Å². The van der Waals surface area contributed by atoms with Crippen LogP contribution < -0.4 is 10.6 Å². The van der Waals surface area contributed by atoms with E-state index in [0.717, 1.165) is 10.9 Å². The van der Waals surface area contributed by atoms with E-state index < -0.39 is 6.04 Å². The molecule has 1 aliphatic rings. The highest BCUT2D eigenvalue weighted by Crippen LogP contribution is 2.17. The minimum atomic E-state index is -0.602. The summed E-state index contributed by atoms with van der Waals surface area (Å²) in [6.07, 6.45) is 0.767. The minimum absolute atomic E-state index is 0.00512. The molecule has 3 unspecified atom stereocenters. The van der Waals surface area contributed by atoms with E-state index in [1.165, 1.54) is 0 Å². The molecule has 2 rings (SSSR count). The number of rotatable bonds is 6. The Morgan fingerprint density at radius 1 is 1.10 bits per heavy atom. The first-order chi connectivity index (χ1) is 14.1. The number of amides is 4. The van der Waals surface area contributed by atoms with Crippen molar-refractivity contribution in [2.45, 2.75) is 59.2 Å². The van der Waals surface area contributed by atoms with Crippen molar-refractivity contribution in [3.05, 3.63) is 34.3 Å². The molecule has 1 aromatic carbocycles. The molecule has 0 radical (unpaired) electrons. The molecule has 3 atom stereocenters. The van der Waals surface area contributed by atoms with Crippen molar-refractivity contribution < 1.29 is 14.4 Å².